The van der Waals surface area contributed by atoms with Crippen LogP contribution in [0.1, 0.15) is 40.6 Å². The van der Waals surface area contributed by atoms with E-state index in [9.17, 15) is 0 Å². The van der Waals surface area contributed by atoms with E-state index in [0.717, 1.165) is 28.5 Å². The first-order valence-corrected chi connectivity index (χ1v) is 11.7. The van der Waals surface area contributed by atoms with Crippen LogP contribution in [0.2, 0.25) is 5.02 Å². The highest BCUT2D eigenvalue weighted by Crippen LogP contribution is 2.47. The molecular weight excluding hydrogens is 412 g/mol. The Hall–Kier alpha value is -1.58. The SMILES string of the molecule is Clc1ccc(CSc2nnc3n2-c2sc4c(c2C2NCNN32)CCCC4)cc1. The van der Waals surface area contributed by atoms with E-state index in [4.69, 9.17) is 11.6 Å². The molecule has 6 rings (SSSR count). The largest absolute Gasteiger partial charge is 0.278 e. The first-order valence-electron chi connectivity index (χ1n) is 9.53. The van der Waals surface area contributed by atoms with Gasteiger partial charge < -0.3 is 0 Å². The maximum Gasteiger partial charge on any atom is 0.249 e. The third-order valence-electron chi connectivity index (χ3n) is 5.59. The number of anilines is 1. The molecule has 1 atom stereocenters. The van der Waals surface area contributed by atoms with Gasteiger partial charge in [-0.3, -0.25) is 10.3 Å². The summed E-state index contributed by atoms with van der Waals surface area (Å²) in [7, 11) is 0. The second kappa shape index (κ2) is 6.74. The molecule has 0 radical (unpaired) electrons. The number of hydrogen-bond donors (Lipinski definition) is 2. The molecule has 0 spiro atoms. The van der Waals surface area contributed by atoms with E-state index in [-0.39, 0.29) is 6.17 Å². The lowest BCUT2D eigenvalue weighted by Gasteiger charge is -2.31. The zero-order valence-electron chi connectivity index (χ0n) is 15.1. The van der Waals surface area contributed by atoms with Crippen LogP contribution >= 0.6 is 34.7 Å². The summed E-state index contributed by atoms with van der Waals surface area (Å²) in [5, 5.41) is 17.8. The Bertz CT molecular complexity index is 1040. The van der Waals surface area contributed by atoms with Gasteiger partial charge in [0.1, 0.15) is 11.2 Å². The molecule has 144 valence electrons. The molecular formula is C19H19ClN6S2. The average Bonchev–Trinajstić information content (AvgIpc) is 3.43. The van der Waals surface area contributed by atoms with Gasteiger partial charge in [0.05, 0.1) is 6.67 Å². The average molecular weight is 431 g/mol. The van der Waals surface area contributed by atoms with Gasteiger partial charge in [-0.25, -0.2) is 9.99 Å². The Morgan fingerprint density at radius 2 is 2.04 bits per heavy atom. The molecule has 28 heavy (non-hydrogen) atoms. The van der Waals surface area contributed by atoms with Gasteiger partial charge in [-0.1, -0.05) is 35.5 Å². The first-order chi connectivity index (χ1) is 13.8. The smallest absolute Gasteiger partial charge is 0.249 e. The van der Waals surface area contributed by atoms with Crippen LogP contribution in [0.3, 0.4) is 0 Å². The monoisotopic (exact) mass is 430 g/mol. The van der Waals surface area contributed by atoms with Crippen LogP contribution < -0.4 is 15.8 Å². The predicted octanol–water partition coefficient (Wildman–Crippen LogP) is 4.04. The van der Waals surface area contributed by atoms with E-state index in [1.807, 2.05) is 23.5 Å². The van der Waals surface area contributed by atoms with Crippen LogP contribution in [0.25, 0.3) is 5.00 Å². The Balaban J connectivity index is 1.41. The topological polar surface area (TPSA) is 58.0 Å². The van der Waals surface area contributed by atoms with Gasteiger partial charge in [-0.05, 0) is 48.9 Å². The van der Waals surface area contributed by atoms with Gasteiger partial charge in [0, 0.05) is 21.2 Å². The molecule has 1 aromatic carbocycles. The molecule has 2 N–H and O–H groups in total. The van der Waals surface area contributed by atoms with Gasteiger partial charge >= 0.3 is 0 Å². The van der Waals surface area contributed by atoms with E-state index in [1.165, 1.54) is 41.8 Å². The van der Waals surface area contributed by atoms with Crippen molar-refractivity contribution in [2.75, 3.05) is 11.7 Å². The highest BCUT2D eigenvalue weighted by molar-refractivity contribution is 7.98. The number of halogens is 1. The molecule has 3 aliphatic rings. The molecule has 1 fully saturated rings. The number of nitrogens with zero attached hydrogens (tertiary/aromatic N) is 4. The maximum atomic E-state index is 6.01. The summed E-state index contributed by atoms with van der Waals surface area (Å²) >= 11 is 9.67. The molecule has 0 saturated carbocycles. The standard InChI is InChI=1S/C19H19ClN6S2/c20-12-7-5-11(6-8-12)9-27-19-24-23-18-25(19)17-15(16-21-10-22-26(16)18)13-3-1-2-4-14(13)28-17/h5-8,16,21-22H,1-4,9-10H2. The molecule has 1 unspecified atom stereocenters. The fraction of sp³-hybridized carbons (Fsp3) is 0.368. The normalized spacial score (nSPS) is 19.9. The molecule has 3 aromatic rings. The zero-order chi connectivity index (χ0) is 18.7. The maximum absolute atomic E-state index is 6.01. The van der Waals surface area contributed by atoms with Crippen LogP contribution in [0.5, 0.6) is 0 Å². The van der Waals surface area contributed by atoms with E-state index in [0.29, 0.717) is 0 Å². The quantitative estimate of drug-likeness (QED) is 0.611. The number of fused-ring (bicyclic) bond motifs is 8. The summed E-state index contributed by atoms with van der Waals surface area (Å²) in [5.74, 6) is 1.71. The van der Waals surface area contributed by atoms with E-state index in [2.05, 4.69) is 42.6 Å². The molecule has 6 nitrogen and oxygen atoms in total. The number of thioether (sulfide) groups is 1. The van der Waals surface area contributed by atoms with Crippen molar-refractivity contribution in [2.24, 2.45) is 0 Å². The number of thiophene rings is 1. The van der Waals surface area contributed by atoms with Crippen molar-refractivity contribution in [3.05, 3.63) is 50.9 Å². The number of aryl methyl sites for hydroxylation is 1. The number of hydrazine groups is 1. The highest BCUT2D eigenvalue weighted by Gasteiger charge is 2.41. The number of aromatic nitrogens is 3. The summed E-state index contributed by atoms with van der Waals surface area (Å²) in [6, 6.07) is 8.01. The van der Waals surface area contributed by atoms with Gasteiger partial charge in [0.15, 0.2) is 5.16 Å². The first kappa shape index (κ1) is 17.3. The van der Waals surface area contributed by atoms with Crippen LogP contribution in [-0.4, -0.2) is 21.4 Å². The minimum absolute atomic E-state index is 0.152. The van der Waals surface area contributed by atoms with E-state index in [1.54, 1.807) is 22.2 Å². The highest BCUT2D eigenvalue weighted by atomic mass is 35.5. The minimum Gasteiger partial charge on any atom is -0.278 e. The molecule has 2 aromatic heterocycles. The second-order valence-corrected chi connectivity index (χ2v) is 9.74. The summed E-state index contributed by atoms with van der Waals surface area (Å²) in [6.45, 7) is 0.745. The van der Waals surface area contributed by atoms with Crippen LogP contribution in [-0.2, 0) is 18.6 Å². The number of benzene rings is 1. The molecule has 1 aliphatic carbocycles. The van der Waals surface area contributed by atoms with Crippen molar-refractivity contribution in [3.8, 4) is 5.00 Å². The molecule has 0 amide bonds. The molecule has 2 aliphatic heterocycles. The Morgan fingerprint density at radius 3 is 2.93 bits per heavy atom. The predicted molar refractivity (Wildman–Crippen MR) is 113 cm³/mol. The van der Waals surface area contributed by atoms with Crippen molar-refractivity contribution < 1.29 is 0 Å². The third kappa shape index (κ3) is 2.63. The Labute approximate surface area is 176 Å². The van der Waals surface area contributed by atoms with Crippen LogP contribution in [0.4, 0.5) is 5.95 Å². The molecule has 9 heteroatoms. The minimum atomic E-state index is 0.152. The number of nitrogens with one attached hydrogen (secondary N) is 2. The summed E-state index contributed by atoms with van der Waals surface area (Å²) in [4.78, 5) is 1.54. The van der Waals surface area contributed by atoms with Crippen molar-refractivity contribution in [1.82, 2.24) is 25.5 Å². The van der Waals surface area contributed by atoms with Crippen molar-refractivity contribution in [2.45, 2.75) is 42.8 Å². The lowest BCUT2D eigenvalue weighted by Crippen LogP contribution is -2.39. The van der Waals surface area contributed by atoms with Gasteiger partial charge in [0.25, 0.3) is 0 Å². The summed E-state index contributed by atoms with van der Waals surface area (Å²) in [6.07, 6.45) is 5.10. The van der Waals surface area contributed by atoms with E-state index < -0.39 is 0 Å². The van der Waals surface area contributed by atoms with Gasteiger partial charge in [-0.15, -0.1) is 21.5 Å². The van der Waals surface area contributed by atoms with Crippen LogP contribution in [0.15, 0.2) is 29.4 Å². The van der Waals surface area contributed by atoms with Gasteiger partial charge in [0.2, 0.25) is 5.95 Å². The Morgan fingerprint density at radius 1 is 1.18 bits per heavy atom. The fourth-order valence-corrected chi connectivity index (χ4v) is 6.76. The van der Waals surface area contributed by atoms with Crippen molar-refractivity contribution >= 4 is 40.6 Å². The van der Waals surface area contributed by atoms with E-state index >= 15 is 0 Å². The number of rotatable bonds is 3. The molecule has 4 heterocycles. The fourth-order valence-electron chi connectivity index (χ4n) is 4.27. The van der Waals surface area contributed by atoms with Crippen LogP contribution in [0, 0.1) is 0 Å². The third-order valence-corrected chi connectivity index (χ3v) is 8.13. The van der Waals surface area contributed by atoms with Gasteiger partial charge in [-0.2, -0.15) is 0 Å². The lowest BCUT2D eigenvalue weighted by molar-refractivity contribution is 0.579. The summed E-state index contributed by atoms with van der Waals surface area (Å²) in [5.41, 5.74) is 7.62. The molecule has 1 saturated heterocycles. The summed E-state index contributed by atoms with van der Waals surface area (Å²) < 4.78 is 2.25. The number of hydrogen-bond acceptors (Lipinski definition) is 7. The molecule has 0 bridgehead atoms. The van der Waals surface area contributed by atoms with Crippen molar-refractivity contribution in [1.29, 1.82) is 0 Å². The van der Waals surface area contributed by atoms with Crippen molar-refractivity contribution in [3.63, 3.8) is 0 Å². The Kier molecular flexibility index (Phi) is 4.16. The second-order valence-electron chi connectivity index (χ2n) is 7.27. The zero-order valence-corrected chi connectivity index (χ0v) is 17.5. The lowest BCUT2D eigenvalue weighted by atomic mass is 9.94.